The Morgan fingerprint density at radius 2 is 1.79 bits per heavy atom. The molecule has 8 heteroatoms. The van der Waals surface area contributed by atoms with Crippen LogP contribution in [-0.4, -0.2) is 54.6 Å². The first-order chi connectivity index (χ1) is 11.3. The highest BCUT2D eigenvalue weighted by molar-refractivity contribution is 5.96. The molecule has 0 saturated carbocycles. The van der Waals surface area contributed by atoms with Gasteiger partial charge in [-0.15, -0.1) is 0 Å². The average molecular weight is 340 g/mol. The van der Waals surface area contributed by atoms with Crippen molar-refractivity contribution in [2.45, 2.75) is 6.18 Å². The van der Waals surface area contributed by atoms with Crippen LogP contribution in [0.15, 0.2) is 39.5 Å². The molecule has 128 valence electrons. The van der Waals surface area contributed by atoms with Crippen LogP contribution < -0.4 is 5.63 Å². The van der Waals surface area contributed by atoms with Crippen molar-refractivity contribution in [2.75, 3.05) is 32.7 Å². The second kappa shape index (κ2) is 6.27. The van der Waals surface area contributed by atoms with Gasteiger partial charge in [-0.1, -0.05) is 18.2 Å². The standard InChI is InChI=1S/C16H15F3N2O3/c17-16(18,19)10-20-5-7-21(8-6-20)14(22)12-9-11-3-1-2-4-13(11)24-15(12)23/h1-4,9H,5-8,10H2. The molecule has 0 unspecified atom stereocenters. The van der Waals surface area contributed by atoms with E-state index in [4.69, 9.17) is 4.42 Å². The number of para-hydroxylation sites is 1. The molecule has 1 aliphatic heterocycles. The fourth-order valence-electron chi connectivity index (χ4n) is 2.74. The van der Waals surface area contributed by atoms with Crippen LogP contribution in [0.2, 0.25) is 0 Å². The molecule has 0 aliphatic carbocycles. The van der Waals surface area contributed by atoms with E-state index in [9.17, 15) is 22.8 Å². The highest BCUT2D eigenvalue weighted by Gasteiger charge is 2.33. The summed E-state index contributed by atoms with van der Waals surface area (Å²) in [5.74, 6) is -0.513. The van der Waals surface area contributed by atoms with Crippen LogP contribution in [0, 0.1) is 0 Å². The number of carbonyl (C=O) groups is 1. The Labute approximate surface area is 135 Å². The normalized spacial score (nSPS) is 16.5. The fourth-order valence-corrected chi connectivity index (χ4v) is 2.74. The number of rotatable bonds is 2. The summed E-state index contributed by atoms with van der Waals surface area (Å²) in [6.45, 7) is -0.482. The number of halogens is 3. The lowest BCUT2D eigenvalue weighted by Gasteiger charge is -2.34. The van der Waals surface area contributed by atoms with Gasteiger partial charge in [0.25, 0.3) is 5.91 Å². The Bertz CT molecular complexity index is 808. The molecular formula is C16H15F3N2O3. The molecule has 0 N–H and O–H groups in total. The summed E-state index contributed by atoms with van der Waals surface area (Å²) in [5, 5.41) is 0.621. The highest BCUT2D eigenvalue weighted by Crippen LogP contribution is 2.18. The lowest BCUT2D eigenvalue weighted by Crippen LogP contribution is -2.51. The maximum absolute atomic E-state index is 12.5. The van der Waals surface area contributed by atoms with Crippen molar-refractivity contribution in [3.8, 4) is 0 Å². The molecule has 1 aliphatic rings. The van der Waals surface area contributed by atoms with Gasteiger partial charge in [-0.2, -0.15) is 13.2 Å². The van der Waals surface area contributed by atoms with Crippen molar-refractivity contribution < 1.29 is 22.4 Å². The molecule has 3 rings (SSSR count). The molecule has 24 heavy (non-hydrogen) atoms. The summed E-state index contributed by atoms with van der Waals surface area (Å²) in [4.78, 5) is 27.1. The van der Waals surface area contributed by atoms with Gasteiger partial charge in [0.15, 0.2) is 0 Å². The molecule has 1 saturated heterocycles. The third-order valence-corrected chi connectivity index (χ3v) is 3.93. The van der Waals surface area contributed by atoms with Crippen LogP contribution in [0.1, 0.15) is 10.4 Å². The van der Waals surface area contributed by atoms with Crippen molar-refractivity contribution in [3.63, 3.8) is 0 Å². The Morgan fingerprint density at radius 3 is 2.46 bits per heavy atom. The number of alkyl halides is 3. The molecule has 5 nitrogen and oxygen atoms in total. The number of fused-ring (bicyclic) bond motifs is 1. The Hall–Kier alpha value is -2.35. The van der Waals surface area contributed by atoms with Crippen LogP contribution in [0.4, 0.5) is 13.2 Å². The van der Waals surface area contributed by atoms with Crippen molar-refractivity contribution in [1.29, 1.82) is 0 Å². The van der Waals surface area contributed by atoms with Crippen molar-refractivity contribution >= 4 is 16.9 Å². The Morgan fingerprint density at radius 1 is 1.12 bits per heavy atom. The molecule has 1 amide bonds. The van der Waals surface area contributed by atoms with Gasteiger partial charge in [-0.25, -0.2) is 4.79 Å². The summed E-state index contributed by atoms with van der Waals surface area (Å²) in [6.07, 6.45) is -4.26. The van der Waals surface area contributed by atoms with E-state index in [1.165, 1.54) is 15.9 Å². The van der Waals surface area contributed by atoms with Gasteiger partial charge in [-0.05, 0) is 12.1 Å². The summed E-state index contributed by atoms with van der Waals surface area (Å²) in [7, 11) is 0. The molecule has 0 spiro atoms. The van der Waals surface area contributed by atoms with Gasteiger partial charge in [-0.3, -0.25) is 9.69 Å². The lowest BCUT2D eigenvalue weighted by atomic mass is 10.1. The predicted octanol–water partition coefficient (Wildman–Crippen LogP) is 2.11. The van der Waals surface area contributed by atoms with Crippen LogP contribution in [0.3, 0.4) is 0 Å². The van der Waals surface area contributed by atoms with E-state index in [1.807, 2.05) is 0 Å². The van der Waals surface area contributed by atoms with Crippen LogP contribution in [0.25, 0.3) is 11.0 Å². The Balaban J connectivity index is 1.74. The minimum absolute atomic E-state index is 0.0991. The number of hydrogen-bond donors (Lipinski definition) is 0. The van der Waals surface area contributed by atoms with Gasteiger partial charge >= 0.3 is 11.8 Å². The minimum atomic E-state index is -4.26. The van der Waals surface area contributed by atoms with E-state index in [-0.39, 0.29) is 31.7 Å². The molecule has 1 aromatic heterocycles. The number of amides is 1. The van der Waals surface area contributed by atoms with E-state index in [0.29, 0.717) is 11.0 Å². The number of hydrogen-bond acceptors (Lipinski definition) is 4. The second-order valence-electron chi connectivity index (χ2n) is 5.67. The topological polar surface area (TPSA) is 53.8 Å². The zero-order chi connectivity index (χ0) is 17.3. The van der Waals surface area contributed by atoms with Crippen molar-refractivity contribution in [1.82, 2.24) is 9.80 Å². The molecule has 0 bridgehead atoms. The second-order valence-corrected chi connectivity index (χ2v) is 5.67. The van der Waals surface area contributed by atoms with E-state index in [0.717, 1.165) is 0 Å². The molecule has 1 aromatic carbocycles. The van der Waals surface area contributed by atoms with Gasteiger partial charge in [0.05, 0.1) is 6.54 Å². The summed E-state index contributed by atoms with van der Waals surface area (Å²) in [6, 6.07) is 8.28. The zero-order valence-corrected chi connectivity index (χ0v) is 12.7. The fraction of sp³-hybridized carbons (Fsp3) is 0.375. The molecular weight excluding hydrogens is 325 g/mol. The molecule has 0 atom stereocenters. The Kier molecular flexibility index (Phi) is 4.31. The molecule has 2 heterocycles. The molecule has 1 fully saturated rings. The summed E-state index contributed by atoms with van der Waals surface area (Å²) < 4.78 is 42.3. The third-order valence-electron chi connectivity index (χ3n) is 3.93. The van der Waals surface area contributed by atoms with Crippen LogP contribution in [0.5, 0.6) is 0 Å². The van der Waals surface area contributed by atoms with Gasteiger partial charge < -0.3 is 9.32 Å². The van der Waals surface area contributed by atoms with Crippen molar-refractivity contribution in [3.05, 3.63) is 46.3 Å². The SMILES string of the molecule is O=C(c1cc2ccccc2oc1=O)N1CCN(CC(F)(F)F)CC1. The monoisotopic (exact) mass is 340 g/mol. The van der Waals surface area contributed by atoms with Crippen LogP contribution >= 0.6 is 0 Å². The quantitative estimate of drug-likeness (QED) is 0.786. The minimum Gasteiger partial charge on any atom is -0.422 e. The first-order valence-corrected chi connectivity index (χ1v) is 7.45. The first kappa shape index (κ1) is 16.5. The van der Waals surface area contributed by atoms with Gasteiger partial charge in [0, 0.05) is 31.6 Å². The van der Waals surface area contributed by atoms with Crippen molar-refractivity contribution in [2.24, 2.45) is 0 Å². The largest absolute Gasteiger partial charge is 0.422 e. The van der Waals surface area contributed by atoms with Gasteiger partial charge in [0.1, 0.15) is 11.1 Å². The smallest absolute Gasteiger partial charge is 0.401 e. The van der Waals surface area contributed by atoms with Gasteiger partial charge in [0.2, 0.25) is 0 Å². The number of piperazine rings is 1. The van der Waals surface area contributed by atoms with E-state index < -0.39 is 24.3 Å². The summed E-state index contributed by atoms with van der Waals surface area (Å²) in [5.41, 5.74) is -0.455. The maximum Gasteiger partial charge on any atom is 0.401 e. The van der Waals surface area contributed by atoms with E-state index in [2.05, 4.69) is 0 Å². The summed E-state index contributed by atoms with van der Waals surface area (Å²) >= 11 is 0. The third kappa shape index (κ3) is 3.59. The average Bonchev–Trinajstić information content (AvgIpc) is 2.53. The lowest BCUT2D eigenvalue weighted by molar-refractivity contribution is -0.148. The highest BCUT2D eigenvalue weighted by atomic mass is 19.4. The van der Waals surface area contributed by atoms with Crippen LogP contribution in [-0.2, 0) is 0 Å². The number of nitrogens with zero attached hydrogens (tertiary/aromatic N) is 2. The predicted molar refractivity (Wildman–Crippen MR) is 80.9 cm³/mol. The first-order valence-electron chi connectivity index (χ1n) is 7.45. The number of benzene rings is 1. The zero-order valence-electron chi connectivity index (χ0n) is 12.7. The number of carbonyl (C=O) groups excluding carboxylic acids is 1. The van der Waals surface area contributed by atoms with E-state index in [1.54, 1.807) is 24.3 Å². The molecule has 0 radical (unpaired) electrons. The maximum atomic E-state index is 12.5. The van der Waals surface area contributed by atoms with E-state index >= 15 is 0 Å². The molecule has 2 aromatic rings.